The molecule has 1 aromatic heterocycles. The third-order valence-electron chi connectivity index (χ3n) is 3.37. The summed E-state index contributed by atoms with van der Waals surface area (Å²) in [6.07, 6.45) is 4.23. The zero-order valence-electron chi connectivity index (χ0n) is 12.1. The van der Waals surface area contributed by atoms with Gasteiger partial charge in [-0.05, 0) is 6.08 Å². The normalized spacial score (nSPS) is 21.3. The van der Waals surface area contributed by atoms with Crippen molar-refractivity contribution in [2.75, 3.05) is 18.1 Å². The molecule has 0 aliphatic carbocycles. The third-order valence-corrected chi connectivity index (χ3v) is 5.61. The van der Waals surface area contributed by atoms with Gasteiger partial charge in [0.2, 0.25) is 10.0 Å². The molecule has 2 amide bonds. The maximum absolute atomic E-state index is 12.0. The van der Waals surface area contributed by atoms with Crippen LogP contribution >= 0.6 is 11.3 Å². The summed E-state index contributed by atoms with van der Waals surface area (Å²) in [4.78, 5) is 28.1. The highest BCUT2D eigenvalue weighted by Gasteiger charge is 2.27. The summed E-state index contributed by atoms with van der Waals surface area (Å²) in [6, 6.07) is -0.860. The summed E-state index contributed by atoms with van der Waals surface area (Å²) < 4.78 is 24.6. The van der Waals surface area contributed by atoms with E-state index in [0.717, 1.165) is 10.6 Å². The molecule has 0 aromatic carbocycles. The molecule has 122 valence electrons. The Morgan fingerprint density at radius 3 is 2.91 bits per heavy atom. The number of hydrogen-bond acceptors (Lipinski definition) is 7. The lowest BCUT2D eigenvalue weighted by Gasteiger charge is -2.23. The van der Waals surface area contributed by atoms with E-state index < -0.39 is 27.9 Å². The first-order chi connectivity index (χ1) is 10.8. The number of nitrogens with one attached hydrogen (secondary N) is 1. The van der Waals surface area contributed by atoms with Crippen molar-refractivity contribution in [1.29, 1.82) is 0 Å². The smallest absolute Gasteiger partial charge is 0.287 e. The molecule has 0 radical (unpaired) electrons. The zero-order valence-corrected chi connectivity index (χ0v) is 13.7. The Kier molecular flexibility index (Phi) is 4.08. The van der Waals surface area contributed by atoms with Gasteiger partial charge in [-0.15, -0.1) is 16.5 Å². The van der Waals surface area contributed by atoms with Crippen LogP contribution in [0.5, 0.6) is 0 Å². The average Bonchev–Trinajstić information content (AvgIpc) is 2.88. The molecule has 2 aliphatic rings. The molecule has 0 saturated heterocycles. The molecule has 0 fully saturated rings. The molecule has 11 heteroatoms. The molecule has 0 spiro atoms. The summed E-state index contributed by atoms with van der Waals surface area (Å²) in [5.41, 5.74) is 0.793. The Morgan fingerprint density at radius 1 is 1.48 bits per heavy atom. The molecule has 1 atom stereocenters. The van der Waals surface area contributed by atoms with Crippen LogP contribution in [-0.2, 0) is 32.6 Å². The Balaban J connectivity index is 1.71. The minimum absolute atomic E-state index is 0.263. The molecule has 1 N–H and O–H groups in total. The van der Waals surface area contributed by atoms with Crippen LogP contribution < -0.4 is 5.32 Å². The first-order valence-corrected chi connectivity index (χ1v) is 9.37. The number of fused-ring (bicyclic) bond motifs is 1. The summed E-state index contributed by atoms with van der Waals surface area (Å²) in [5, 5.41) is 9.93. The molecule has 1 unspecified atom stereocenters. The predicted octanol–water partition coefficient (Wildman–Crippen LogP) is 0.317. The summed E-state index contributed by atoms with van der Waals surface area (Å²) in [7, 11) is -3.25. The topological polar surface area (TPSA) is 121 Å². The van der Waals surface area contributed by atoms with E-state index in [1.807, 2.05) is 0 Å². The van der Waals surface area contributed by atoms with E-state index in [9.17, 15) is 18.0 Å². The lowest BCUT2D eigenvalue weighted by Crippen LogP contribution is -2.34. The van der Waals surface area contributed by atoms with Gasteiger partial charge < -0.3 is 0 Å². The first kappa shape index (κ1) is 15.9. The minimum atomic E-state index is -3.25. The number of amides is 2. The third kappa shape index (κ3) is 3.51. The van der Waals surface area contributed by atoms with Crippen molar-refractivity contribution in [1.82, 2.24) is 9.29 Å². The van der Waals surface area contributed by atoms with Crippen molar-refractivity contribution in [3.63, 3.8) is 0 Å². The maximum atomic E-state index is 12.0. The van der Waals surface area contributed by atoms with E-state index >= 15 is 0 Å². The quantitative estimate of drug-likeness (QED) is 0.837. The molecule has 2 aliphatic heterocycles. The number of nitrogens with zero attached hydrogens (tertiary/aromatic N) is 4. The average molecular weight is 355 g/mol. The molecular weight excluding hydrogens is 342 g/mol. The lowest BCUT2D eigenvalue weighted by atomic mass is 10.2. The van der Waals surface area contributed by atoms with Crippen molar-refractivity contribution in [3.8, 4) is 0 Å². The van der Waals surface area contributed by atoms with E-state index in [1.165, 1.54) is 34.0 Å². The van der Waals surface area contributed by atoms with Gasteiger partial charge in [0.1, 0.15) is 0 Å². The Hall–Kier alpha value is -1.98. The fourth-order valence-corrected chi connectivity index (χ4v) is 4.09. The van der Waals surface area contributed by atoms with E-state index in [0.29, 0.717) is 18.1 Å². The molecule has 0 bridgehead atoms. The summed E-state index contributed by atoms with van der Waals surface area (Å²) >= 11 is 1.24. The van der Waals surface area contributed by atoms with E-state index in [4.69, 9.17) is 0 Å². The number of anilines is 1. The maximum Gasteiger partial charge on any atom is 0.287 e. The second kappa shape index (κ2) is 5.91. The molecule has 3 heterocycles. The molecule has 23 heavy (non-hydrogen) atoms. The van der Waals surface area contributed by atoms with Crippen molar-refractivity contribution in [3.05, 3.63) is 22.7 Å². The highest BCUT2D eigenvalue weighted by Crippen LogP contribution is 2.29. The predicted molar refractivity (Wildman–Crippen MR) is 82.5 cm³/mol. The summed E-state index contributed by atoms with van der Waals surface area (Å²) in [6.45, 7) is 0.643. The number of carbonyl (C=O) groups excluding carboxylic acids is 2. The van der Waals surface area contributed by atoms with Gasteiger partial charge in [0.15, 0.2) is 11.2 Å². The van der Waals surface area contributed by atoms with Crippen molar-refractivity contribution in [2.45, 2.75) is 19.0 Å². The van der Waals surface area contributed by atoms with E-state index in [-0.39, 0.29) is 6.54 Å². The van der Waals surface area contributed by atoms with Gasteiger partial charge >= 0.3 is 0 Å². The molecule has 0 saturated carbocycles. The second-order valence-corrected chi connectivity index (χ2v) is 8.15. The monoisotopic (exact) mass is 355 g/mol. The Morgan fingerprint density at radius 2 is 2.26 bits per heavy atom. The molecule has 1 aromatic rings. The molecule has 3 rings (SSSR count). The van der Waals surface area contributed by atoms with Crippen molar-refractivity contribution < 1.29 is 18.0 Å². The highest BCUT2D eigenvalue weighted by molar-refractivity contribution is 7.88. The fourth-order valence-electron chi connectivity index (χ4n) is 2.19. The number of carbonyl (C=O) groups is 2. The van der Waals surface area contributed by atoms with Crippen LogP contribution in [-0.4, -0.2) is 48.4 Å². The van der Waals surface area contributed by atoms with Crippen LogP contribution in [0, 0.1) is 0 Å². The largest absolute Gasteiger partial charge is 0.300 e. The number of thiazole rings is 1. The zero-order chi connectivity index (χ0) is 16.6. The van der Waals surface area contributed by atoms with Gasteiger partial charge in [-0.1, -0.05) is 0 Å². The molecular formula is C12H13N5O4S2. The van der Waals surface area contributed by atoms with Gasteiger partial charge in [0, 0.05) is 30.5 Å². The van der Waals surface area contributed by atoms with Crippen LogP contribution in [0.3, 0.4) is 0 Å². The number of azo groups is 1. The Bertz CT molecular complexity index is 811. The van der Waals surface area contributed by atoms with Gasteiger partial charge in [-0.25, -0.2) is 13.4 Å². The van der Waals surface area contributed by atoms with Crippen LogP contribution in [0.4, 0.5) is 5.13 Å². The van der Waals surface area contributed by atoms with E-state index in [1.54, 1.807) is 0 Å². The van der Waals surface area contributed by atoms with Crippen molar-refractivity contribution in [2.24, 2.45) is 10.2 Å². The number of sulfonamides is 1. The highest BCUT2D eigenvalue weighted by atomic mass is 32.2. The van der Waals surface area contributed by atoms with Gasteiger partial charge in [-0.2, -0.15) is 9.42 Å². The fraction of sp³-hybridized carbons (Fsp3) is 0.417. The second-order valence-electron chi connectivity index (χ2n) is 5.08. The number of rotatable bonds is 3. The lowest BCUT2D eigenvalue weighted by molar-refractivity contribution is -0.117. The summed E-state index contributed by atoms with van der Waals surface area (Å²) in [5.74, 6) is -0.941. The van der Waals surface area contributed by atoms with Crippen LogP contribution in [0.15, 0.2) is 22.4 Å². The van der Waals surface area contributed by atoms with Gasteiger partial charge in [0.05, 0.1) is 11.9 Å². The van der Waals surface area contributed by atoms with E-state index in [2.05, 4.69) is 20.5 Å². The SMILES string of the molecule is CS(=O)(=O)N1CCc2nc(NC(=O)C3C=CC(=O)N=N3)sc2C1. The molecule has 9 nitrogen and oxygen atoms in total. The van der Waals surface area contributed by atoms with Crippen LogP contribution in [0.1, 0.15) is 10.6 Å². The standard InChI is InChI=1S/C12H13N5O4S2/c1-23(20,21)17-5-4-7-9(6-17)22-12(13-7)14-11(19)8-2-3-10(18)16-15-8/h2-3,8H,4-6H2,1H3,(H,13,14,19). The number of aromatic nitrogens is 1. The first-order valence-electron chi connectivity index (χ1n) is 6.70. The van der Waals surface area contributed by atoms with Gasteiger partial charge in [0.25, 0.3) is 11.8 Å². The number of hydrogen-bond donors (Lipinski definition) is 1. The van der Waals surface area contributed by atoms with Crippen LogP contribution in [0.25, 0.3) is 0 Å². The van der Waals surface area contributed by atoms with Crippen LogP contribution in [0.2, 0.25) is 0 Å². The van der Waals surface area contributed by atoms with Gasteiger partial charge in [-0.3, -0.25) is 14.9 Å². The van der Waals surface area contributed by atoms with Crippen molar-refractivity contribution >= 4 is 38.3 Å². The minimum Gasteiger partial charge on any atom is -0.300 e. The Labute approximate surface area is 136 Å².